The molecule has 0 radical (unpaired) electrons. The molecule has 0 saturated heterocycles. The monoisotopic (exact) mass is 328 g/mol. The molecule has 7 heteroatoms. The third kappa shape index (κ3) is 2.79. The summed E-state index contributed by atoms with van der Waals surface area (Å²) < 4.78 is 24.7. The molecule has 0 unspecified atom stereocenters. The molecule has 0 bridgehead atoms. The van der Waals surface area contributed by atoms with Crippen molar-refractivity contribution in [3.63, 3.8) is 0 Å². The van der Waals surface area contributed by atoms with Crippen LogP contribution in [0.15, 0.2) is 51.9 Å². The summed E-state index contributed by atoms with van der Waals surface area (Å²) in [5, 5.41) is 9.85. The second kappa shape index (κ2) is 6.04. The van der Waals surface area contributed by atoms with Gasteiger partial charge >= 0.3 is 0 Å². The summed E-state index contributed by atoms with van der Waals surface area (Å²) in [6.45, 7) is 0. The highest BCUT2D eigenvalue weighted by Crippen LogP contribution is 2.25. The third-order valence-corrected chi connectivity index (χ3v) is 3.38. The smallest absolute Gasteiger partial charge is 0.254 e. The lowest BCUT2D eigenvalue weighted by Crippen LogP contribution is -2.21. The molecule has 1 aromatic heterocycles. The molecular weight excluding hydrogens is 315 g/mol. The maximum atomic E-state index is 13.9. The first-order valence-electron chi connectivity index (χ1n) is 6.93. The number of halogens is 1. The van der Waals surface area contributed by atoms with Crippen LogP contribution in [-0.2, 0) is 0 Å². The summed E-state index contributed by atoms with van der Waals surface area (Å²) in [6, 6.07) is 10.1. The van der Waals surface area contributed by atoms with Crippen LogP contribution in [0.4, 0.5) is 10.1 Å². The number of methoxy groups -OCH3 is 1. The van der Waals surface area contributed by atoms with Crippen LogP contribution in [0.2, 0.25) is 0 Å². The van der Waals surface area contributed by atoms with E-state index in [1.165, 1.54) is 25.3 Å². The topological polar surface area (TPSA) is 98.1 Å². The predicted octanol–water partition coefficient (Wildman–Crippen LogP) is 2.62. The van der Waals surface area contributed by atoms with Gasteiger partial charge in [-0.15, -0.1) is 0 Å². The zero-order valence-corrected chi connectivity index (χ0v) is 12.6. The Morgan fingerprint density at radius 3 is 2.75 bits per heavy atom. The molecule has 3 aromatic rings. The van der Waals surface area contributed by atoms with Crippen LogP contribution in [0.5, 0.6) is 11.5 Å². The minimum atomic E-state index is -0.763. The van der Waals surface area contributed by atoms with Gasteiger partial charge in [0.1, 0.15) is 17.0 Å². The van der Waals surface area contributed by atoms with Crippen molar-refractivity contribution in [3.8, 4) is 11.5 Å². The van der Waals surface area contributed by atoms with Crippen molar-refractivity contribution >= 4 is 22.6 Å². The zero-order chi connectivity index (χ0) is 17.3. The molecule has 0 atom stereocenters. The van der Waals surface area contributed by atoms with E-state index >= 15 is 0 Å². The first-order valence-corrected chi connectivity index (χ1v) is 6.93. The van der Waals surface area contributed by atoms with Gasteiger partial charge in [0, 0.05) is 11.5 Å². The SMILES string of the molecule is COc1cccc2cc(C(N)=O)c(=Nc3ccc(O)cc3F)oc12. The molecule has 0 aliphatic heterocycles. The second-order valence-electron chi connectivity index (χ2n) is 4.96. The number of amides is 1. The van der Waals surface area contributed by atoms with Crippen LogP contribution in [0.1, 0.15) is 10.4 Å². The number of hydrogen-bond donors (Lipinski definition) is 2. The molecule has 0 fully saturated rings. The number of aromatic hydroxyl groups is 1. The van der Waals surface area contributed by atoms with E-state index in [0.29, 0.717) is 16.7 Å². The predicted molar refractivity (Wildman–Crippen MR) is 84.6 cm³/mol. The molecule has 122 valence electrons. The van der Waals surface area contributed by atoms with Crippen molar-refractivity contribution < 1.29 is 23.4 Å². The van der Waals surface area contributed by atoms with Crippen LogP contribution in [0.25, 0.3) is 11.0 Å². The highest BCUT2D eigenvalue weighted by molar-refractivity contribution is 5.96. The number of phenols is 1. The largest absolute Gasteiger partial charge is 0.508 e. The van der Waals surface area contributed by atoms with E-state index in [1.807, 2.05) is 0 Å². The summed E-state index contributed by atoms with van der Waals surface area (Å²) in [5.41, 5.74) is 5.47. The van der Waals surface area contributed by atoms with Gasteiger partial charge < -0.3 is 20.0 Å². The Hall–Kier alpha value is -3.35. The summed E-state index contributed by atoms with van der Waals surface area (Å²) in [7, 11) is 1.47. The molecule has 0 aliphatic rings. The molecular formula is C17H13FN2O4. The molecule has 1 heterocycles. The minimum absolute atomic E-state index is 0.00299. The lowest BCUT2D eigenvalue weighted by molar-refractivity contribution is 0.0996. The summed E-state index contributed by atoms with van der Waals surface area (Å²) in [4.78, 5) is 15.7. The van der Waals surface area contributed by atoms with Gasteiger partial charge in [0.2, 0.25) is 5.55 Å². The maximum Gasteiger partial charge on any atom is 0.254 e. The standard InChI is InChI=1S/C17H13FN2O4/c1-23-14-4-2-3-9-7-11(16(19)22)17(24-15(9)14)20-13-6-5-10(21)8-12(13)18/h2-8,21H,1H3,(H2,19,22). The molecule has 0 saturated carbocycles. The van der Waals surface area contributed by atoms with Gasteiger partial charge in [-0.25, -0.2) is 9.38 Å². The number of nitrogens with zero attached hydrogens (tertiary/aromatic N) is 1. The normalized spacial score (nSPS) is 11.7. The van der Waals surface area contributed by atoms with Crippen LogP contribution >= 0.6 is 0 Å². The average molecular weight is 328 g/mol. The van der Waals surface area contributed by atoms with Gasteiger partial charge in [-0.1, -0.05) is 12.1 Å². The fourth-order valence-corrected chi connectivity index (χ4v) is 2.24. The number of fused-ring (bicyclic) bond motifs is 1. The molecule has 1 amide bonds. The number of carbonyl (C=O) groups is 1. The lowest BCUT2D eigenvalue weighted by atomic mass is 10.1. The number of primary amides is 1. The number of ether oxygens (including phenoxy) is 1. The van der Waals surface area contributed by atoms with Crippen molar-refractivity contribution in [1.82, 2.24) is 0 Å². The molecule has 3 rings (SSSR count). The highest BCUT2D eigenvalue weighted by atomic mass is 19.1. The number of hydrogen-bond acceptors (Lipinski definition) is 5. The van der Waals surface area contributed by atoms with Gasteiger partial charge in [0.15, 0.2) is 17.1 Å². The van der Waals surface area contributed by atoms with E-state index in [-0.39, 0.29) is 22.6 Å². The Labute approximate surface area is 135 Å². The van der Waals surface area contributed by atoms with Gasteiger partial charge in [0.25, 0.3) is 5.91 Å². The quantitative estimate of drug-likeness (QED) is 0.772. The van der Waals surface area contributed by atoms with E-state index in [1.54, 1.807) is 18.2 Å². The number of benzene rings is 2. The Morgan fingerprint density at radius 2 is 2.08 bits per heavy atom. The molecule has 0 spiro atoms. The summed E-state index contributed by atoms with van der Waals surface area (Å²) in [6.07, 6.45) is 0. The van der Waals surface area contributed by atoms with Crippen LogP contribution in [-0.4, -0.2) is 18.1 Å². The fraction of sp³-hybridized carbons (Fsp3) is 0.0588. The number of carbonyl (C=O) groups excluding carboxylic acids is 1. The van der Waals surface area contributed by atoms with Gasteiger partial charge in [-0.2, -0.15) is 0 Å². The summed E-state index contributed by atoms with van der Waals surface area (Å²) >= 11 is 0. The van der Waals surface area contributed by atoms with E-state index < -0.39 is 11.7 Å². The highest BCUT2D eigenvalue weighted by Gasteiger charge is 2.13. The van der Waals surface area contributed by atoms with E-state index in [4.69, 9.17) is 14.9 Å². The minimum Gasteiger partial charge on any atom is -0.508 e. The number of rotatable bonds is 3. The average Bonchev–Trinajstić information content (AvgIpc) is 2.56. The first kappa shape index (κ1) is 15.5. The van der Waals surface area contributed by atoms with Crippen LogP contribution in [0, 0.1) is 5.82 Å². The van der Waals surface area contributed by atoms with Gasteiger partial charge in [-0.3, -0.25) is 4.79 Å². The van der Waals surface area contributed by atoms with Crippen LogP contribution in [0.3, 0.4) is 0 Å². The Balaban J connectivity index is 2.34. The zero-order valence-electron chi connectivity index (χ0n) is 12.6. The van der Waals surface area contributed by atoms with Gasteiger partial charge in [0.05, 0.1) is 7.11 Å². The lowest BCUT2D eigenvalue weighted by Gasteiger charge is -2.06. The Kier molecular flexibility index (Phi) is 3.91. The van der Waals surface area contributed by atoms with Crippen molar-refractivity contribution in [1.29, 1.82) is 0 Å². The first-order chi connectivity index (χ1) is 11.5. The Morgan fingerprint density at radius 1 is 1.29 bits per heavy atom. The van der Waals surface area contributed by atoms with Crippen molar-refractivity contribution in [2.75, 3.05) is 7.11 Å². The summed E-state index contributed by atoms with van der Waals surface area (Å²) in [5.74, 6) is -1.33. The Bertz CT molecular complexity index is 1010. The molecule has 3 N–H and O–H groups in total. The molecule has 2 aromatic carbocycles. The second-order valence-corrected chi connectivity index (χ2v) is 4.96. The van der Waals surface area contributed by atoms with E-state index in [9.17, 15) is 14.3 Å². The van der Waals surface area contributed by atoms with Gasteiger partial charge in [-0.05, 0) is 24.3 Å². The number of phenolic OH excluding ortho intramolecular Hbond substituents is 1. The number of nitrogens with two attached hydrogens (primary N) is 1. The third-order valence-electron chi connectivity index (χ3n) is 3.38. The number of para-hydroxylation sites is 1. The van der Waals surface area contributed by atoms with Crippen LogP contribution < -0.4 is 16.0 Å². The fourth-order valence-electron chi connectivity index (χ4n) is 2.24. The maximum absolute atomic E-state index is 13.9. The van der Waals surface area contributed by atoms with E-state index in [2.05, 4.69) is 4.99 Å². The molecule has 0 aliphatic carbocycles. The van der Waals surface area contributed by atoms with E-state index in [0.717, 1.165) is 6.07 Å². The van der Waals surface area contributed by atoms with Crippen molar-refractivity contribution in [3.05, 3.63) is 59.4 Å². The van der Waals surface area contributed by atoms with Crippen molar-refractivity contribution in [2.24, 2.45) is 10.7 Å². The molecule has 24 heavy (non-hydrogen) atoms. The van der Waals surface area contributed by atoms with Crippen molar-refractivity contribution in [2.45, 2.75) is 0 Å². The molecule has 6 nitrogen and oxygen atoms in total.